The molecule has 0 N–H and O–H groups in total. The van der Waals surface area contributed by atoms with Crippen molar-refractivity contribution in [1.29, 1.82) is 0 Å². The zero-order chi connectivity index (χ0) is 16.8. The van der Waals surface area contributed by atoms with E-state index in [9.17, 15) is 4.79 Å². The van der Waals surface area contributed by atoms with Crippen LogP contribution >= 0.6 is 0 Å². The second kappa shape index (κ2) is 7.99. The van der Waals surface area contributed by atoms with E-state index in [0.717, 1.165) is 11.4 Å². The van der Waals surface area contributed by atoms with Gasteiger partial charge < -0.3 is 14.2 Å². The summed E-state index contributed by atoms with van der Waals surface area (Å²) in [4.78, 5) is 20.9. The normalized spacial score (nSPS) is 17.5. The summed E-state index contributed by atoms with van der Waals surface area (Å²) in [6.07, 6.45) is 1.81. The first-order valence-electron chi connectivity index (χ1n) is 7.94. The fourth-order valence-electron chi connectivity index (χ4n) is 2.44. The van der Waals surface area contributed by atoms with Gasteiger partial charge in [0.2, 0.25) is 0 Å². The van der Waals surface area contributed by atoms with Crippen LogP contribution in [0.5, 0.6) is 5.75 Å². The van der Waals surface area contributed by atoms with Gasteiger partial charge in [-0.3, -0.25) is 9.78 Å². The van der Waals surface area contributed by atoms with Gasteiger partial charge in [0.1, 0.15) is 24.2 Å². The zero-order valence-corrected chi connectivity index (χ0v) is 13.6. The molecule has 6 nitrogen and oxygen atoms in total. The largest absolute Gasteiger partial charge is 0.491 e. The second-order valence-corrected chi connectivity index (χ2v) is 5.63. The first-order valence-corrected chi connectivity index (χ1v) is 7.94. The van der Waals surface area contributed by atoms with Crippen molar-refractivity contribution in [3.8, 4) is 5.75 Å². The van der Waals surface area contributed by atoms with E-state index in [4.69, 9.17) is 14.2 Å². The predicted octanol–water partition coefficient (Wildman–Crippen LogP) is 2.00. The van der Waals surface area contributed by atoms with Gasteiger partial charge in [-0.1, -0.05) is 6.07 Å². The van der Waals surface area contributed by atoms with Crippen molar-refractivity contribution in [2.24, 2.45) is 0 Å². The molecular weight excluding hydrogens is 308 g/mol. The highest BCUT2D eigenvalue weighted by Crippen LogP contribution is 2.16. The van der Waals surface area contributed by atoms with Crippen molar-refractivity contribution in [1.82, 2.24) is 9.97 Å². The summed E-state index contributed by atoms with van der Waals surface area (Å²) in [5.41, 5.74) is 1.84. The van der Waals surface area contributed by atoms with Crippen LogP contribution in [0.2, 0.25) is 0 Å². The SMILES string of the molecule is Cc1cc(OCC2COCCO2)cc(C(=O)Cc2ccccn2)n1. The van der Waals surface area contributed by atoms with E-state index in [-0.39, 0.29) is 18.3 Å². The lowest BCUT2D eigenvalue weighted by molar-refractivity contribution is -0.101. The number of hydrogen-bond donors (Lipinski definition) is 0. The molecule has 3 heterocycles. The molecule has 0 radical (unpaired) electrons. The Morgan fingerprint density at radius 1 is 1.33 bits per heavy atom. The number of Topliss-reactive ketones (excluding diaryl/α,β-unsaturated/α-hetero) is 1. The van der Waals surface area contributed by atoms with E-state index < -0.39 is 0 Å². The van der Waals surface area contributed by atoms with Crippen molar-refractivity contribution >= 4 is 5.78 Å². The van der Waals surface area contributed by atoms with Crippen LogP contribution in [0.15, 0.2) is 36.5 Å². The van der Waals surface area contributed by atoms with Gasteiger partial charge in [0.15, 0.2) is 5.78 Å². The Balaban J connectivity index is 1.65. The van der Waals surface area contributed by atoms with Gasteiger partial charge >= 0.3 is 0 Å². The predicted molar refractivity (Wildman–Crippen MR) is 87.3 cm³/mol. The molecule has 3 rings (SSSR count). The maximum atomic E-state index is 12.4. The number of hydrogen-bond acceptors (Lipinski definition) is 6. The Bertz CT molecular complexity index is 685. The Hall–Kier alpha value is -2.31. The summed E-state index contributed by atoms with van der Waals surface area (Å²) < 4.78 is 16.6. The second-order valence-electron chi connectivity index (χ2n) is 5.63. The minimum atomic E-state index is -0.0838. The number of nitrogens with zero attached hydrogens (tertiary/aromatic N) is 2. The molecule has 0 saturated carbocycles. The number of aryl methyl sites for hydroxylation is 1. The average molecular weight is 328 g/mol. The molecule has 1 unspecified atom stereocenters. The number of pyridine rings is 2. The maximum absolute atomic E-state index is 12.4. The van der Waals surface area contributed by atoms with Crippen molar-refractivity contribution in [2.45, 2.75) is 19.4 Å². The third-order valence-electron chi connectivity index (χ3n) is 3.60. The smallest absolute Gasteiger partial charge is 0.187 e. The van der Waals surface area contributed by atoms with Gasteiger partial charge in [0.25, 0.3) is 0 Å². The highest BCUT2D eigenvalue weighted by molar-refractivity contribution is 5.95. The first-order chi connectivity index (χ1) is 11.7. The Morgan fingerprint density at radius 3 is 3.00 bits per heavy atom. The molecule has 1 atom stereocenters. The van der Waals surface area contributed by atoms with Crippen molar-refractivity contribution < 1.29 is 19.0 Å². The fraction of sp³-hybridized carbons (Fsp3) is 0.389. The molecule has 1 saturated heterocycles. The molecule has 24 heavy (non-hydrogen) atoms. The van der Waals surface area contributed by atoms with Gasteiger partial charge in [-0.25, -0.2) is 4.98 Å². The van der Waals surface area contributed by atoms with Gasteiger partial charge in [-0.05, 0) is 19.1 Å². The maximum Gasteiger partial charge on any atom is 0.187 e. The fourth-order valence-corrected chi connectivity index (χ4v) is 2.44. The van der Waals surface area contributed by atoms with E-state index in [1.165, 1.54) is 0 Å². The lowest BCUT2D eigenvalue weighted by Crippen LogP contribution is -2.33. The van der Waals surface area contributed by atoms with Gasteiger partial charge in [0.05, 0.1) is 26.2 Å². The standard InChI is InChI=1S/C18H20N2O4/c1-13-8-15(24-12-16-11-22-6-7-23-16)10-17(20-13)18(21)9-14-4-2-3-5-19-14/h2-5,8,10,16H,6-7,9,11-12H2,1H3. The molecule has 1 aliphatic heterocycles. The van der Waals surface area contributed by atoms with Crippen LogP contribution in [-0.4, -0.2) is 48.3 Å². The number of aromatic nitrogens is 2. The molecular formula is C18H20N2O4. The third kappa shape index (κ3) is 4.59. The van der Waals surface area contributed by atoms with Crippen LogP contribution in [0.4, 0.5) is 0 Å². The molecule has 2 aromatic heterocycles. The van der Waals surface area contributed by atoms with Crippen molar-refractivity contribution in [3.05, 3.63) is 53.6 Å². The monoisotopic (exact) mass is 328 g/mol. The third-order valence-corrected chi connectivity index (χ3v) is 3.60. The summed E-state index contributed by atoms with van der Waals surface area (Å²) in [6, 6.07) is 8.98. The molecule has 0 aliphatic carbocycles. The molecule has 126 valence electrons. The lowest BCUT2D eigenvalue weighted by Gasteiger charge is -2.23. The molecule has 6 heteroatoms. The molecule has 1 aliphatic rings. The van der Waals surface area contributed by atoms with Gasteiger partial charge in [-0.15, -0.1) is 0 Å². The summed E-state index contributed by atoms with van der Waals surface area (Å²) in [5.74, 6) is 0.528. The molecule has 2 aromatic rings. The van der Waals surface area contributed by atoms with Crippen LogP contribution in [0, 0.1) is 6.92 Å². The van der Waals surface area contributed by atoms with E-state index >= 15 is 0 Å². The quantitative estimate of drug-likeness (QED) is 0.756. The topological polar surface area (TPSA) is 70.5 Å². The van der Waals surface area contributed by atoms with Gasteiger partial charge in [0, 0.05) is 29.7 Å². The molecule has 0 aromatic carbocycles. The number of carbonyl (C=O) groups is 1. The lowest BCUT2D eigenvalue weighted by atomic mass is 10.1. The van der Waals surface area contributed by atoms with Crippen molar-refractivity contribution in [2.75, 3.05) is 26.4 Å². The summed E-state index contributed by atoms with van der Waals surface area (Å²) in [7, 11) is 0. The summed E-state index contributed by atoms with van der Waals surface area (Å²) in [5, 5.41) is 0. The Kier molecular flexibility index (Phi) is 5.51. The zero-order valence-electron chi connectivity index (χ0n) is 13.6. The van der Waals surface area contributed by atoms with Crippen LogP contribution in [-0.2, 0) is 15.9 Å². The number of ether oxygens (including phenoxy) is 3. The average Bonchev–Trinajstić information content (AvgIpc) is 2.61. The first kappa shape index (κ1) is 16.5. The van der Waals surface area contributed by atoms with Gasteiger partial charge in [-0.2, -0.15) is 0 Å². The molecule has 0 amide bonds. The van der Waals surface area contributed by atoms with Crippen LogP contribution < -0.4 is 4.74 Å². The number of ketones is 1. The minimum absolute atomic E-state index is 0.0834. The van der Waals surface area contributed by atoms with E-state index in [1.807, 2.05) is 25.1 Å². The number of rotatable bonds is 6. The highest BCUT2D eigenvalue weighted by Gasteiger charge is 2.16. The molecule has 1 fully saturated rings. The summed E-state index contributed by atoms with van der Waals surface area (Å²) >= 11 is 0. The van der Waals surface area contributed by atoms with Crippen molar-refractivity contribution in [3.63, 3.8) is 0 Å². The molecule has 0 bridgehead atoms. The van der Waals surface area contributed by atoms with Crippen LogP contribution in [0.3, 0.4) is 0 Å². The van der Waals surface area contributed by atoms with E-state index in [1.54, 1.807) is 18.3 Å². The summed E-state index contributed by atoms with van der Waals surface area (Å²) in [6.45, 7) is 3.95. The Morgan fingerprint density at radius 2 is 2.25 bits per heavy atom. The van der Waals surface area contributed by atoms with E-state index in [0.29, 0.717) is 37.9 Å². The highest BCUT2D eigenvalue weighted by atomic mass is 16.6. The van der Waals surface area contributed by atoms with E-state index in [2.05, 4.69) is 9.97 Å². The van der Waals surface area contributed by atoms with Crippen LogP contribution in [0.1, 0.15) is 21.9 Å². The van der Waals surface area contributed by atoms with Crippen LogP contribution in [0.25, 0.3) is 0 Å². The minimum Gasteiger partial charge on any atom is -0.491 e. The molecule has 0 spiro atoms. The number of carbonyl (C=O) groups excluding carboxylic acids is 1. The Labute approximate surface area is 140 Å².